The van der Waals surface area contributed by atoms with Gasteiger partial charge in [0.2, 0.25) is 0 Å². The molecule has 0 radical (unpaired) electrons. The maximum atomic E-state index is 13.7. The van der Waals surface area contributed by atoms with Crippen molar-refractivity contribution in [2.24, 2.45) is 17.8 Å². The zero-order valence-electron chi connectivity index (χ0n) is 18.0. The van der Waals surface area contributed by atoms with Crippen molar-refractivity contribution in [1.29, 1.82) is 0 Å². The number of imide groups is 1. The van der Waals surface area contributed by atoms with E-state index in [1.54, 1.807) is 24.3 Å². The van der Waals surface area contributed by atoms with E-state index in [0.29, 0.717) is 28.9 Å². The molecule has 164 valence electrons. The third-order valence-corrected chi connectivity index (χ3v) is 7.98. The molecule has 5 nitrogen and oxygen atoms in total. The van der Waals surface area contributed by atoms with Crippen molar-refractivity contribution in [1.82, 2.24) is 4.90 Å². The van der Waals surface area contributed by atoms with Gasteiger partial charge in [-0.3, -0.25) is 14.5 Å². The number of hydrogen-bond acceptors (Lipinski definition) is 4. The van der Waals surface area contributed by atoms with Crippen LogP contribution in [0, 0.1) is 17.8 Å². The molecule has 0 N–H and O–H groups in total. The van der Waals surface area contributed by atoms with Crippen LogP contribution in [0.5, 0.6) is 0 Å². The van der Waals surface area contributed by atoms with Crippen molar-refractivity contribution in [3.8, 4) is 0 Å². The lowest BCUT2D eigenvalue weighted by atomic mass is 9.54. The SMILES string of the molecule is O=C(OC12CC3CC(CC(C3)C1)C2)[C@@H](Cc1ccccc1)N1C(=O)c2ccccc2C1=O. The summed E-state index contributed by atoms with van der Waals surface area (Å²) < 4.78 is 6.31. The fraction of sp³-hybridized carbons (Fsp3) is 0.444. The molecule has 5 aliphatic rings. The van der Waals surface area contributed by atoms with Crippen LogP contribution >= 0.6 is 0 Å². The highest BCUT2D eigenvalue weighted by molar-refractivity contribution is 6.22. The van der Waals surface area contributed by atoms with Gasteiger partial charge in [-0.1, -0.05) is 42.5 Å². The fourth-order valence-electron chi connectivity index (χ4n) is 7.05. The van der Waals surface area contributed by atoms with Gasteiger partial charge in [-0.25, -0.2) is 4.79 Å². The third kappa shape index (κ3) is 3.17. The first-order valence-electron chi connectivity index (χ1n) is 11.7. The molecule has 1 aliphatic heterocycles. The van der Waals surface area contributed by atoms with E-state index in [-0.39, 0.29) is 6.42 Å². The Labute approximate surface area is 187 Å². The maximum absolute atomic E-state index is 13.7. The molecule has 4 saturated carbocycles. The summed E-state index contributed by atoms with van der Waals surface area (Å²) in [5, 5.41) is 0. The summed E-state index contributed by atoms with van der Waals surface area (Å²) in [5.74, 6) is 0.663. The second kappa shape index (κ2) is 7.29. The number of amides is 2. The van der Waals surface area contributed by atoms with E-state index in [2.05, 4.69) is 0 Å². The molecule has 0 spiro atoms. The lowest BCUT2D eigenvalue weighted by Crippen LogP contribution is -2.56. The van der Waals surface area contributed by atoms with Crippen molar-refractivity contribution >= 4 is 17.8 Å². The lowest BCUT2D eigenvalue weighted by molar-refractivity contribution is -0.190. The zero-order chi connectivity index (χ0) is 21.9. The Morgan fingerprint density at radius 1 is 0.844 bits per heavy atom. The smallest absolute Gasteiger partial charge is 0.330 e. The molecule has 7 rings (SSSR count). The molecule has 5 heteroatoms. The molecular formula is C27H27NO4. The topological polar surface area (TPSA) is 63.7 Å². The second-order valence-electron chi connectivity index (χ2n) is 10.3. The summed E-state index contributed by atoms with van der Waals surface area (Å²) in [7, 11) is 0. The predicted octanol–water partition coefficient (Wildman–Crippen LogP) is 4.41. The Morgan fingerprint density at radius 2 is 1.34 bits per heavy atom. The number of benzene rings is 2. The standard InChI is InChI=1S/C27H27NO4/c29-24-21-8-4-5-9-22(21)25(30)28(24)23(13-17-6-2-1-3-7-17)26(31)32-27-14-18-10-19(15-27)12-20(11-18)16-27/h1-9,18-20,23H,10-16H2/t18?,19?,20?,23-,27?/m1/s1. The van der Waals surface area contributed by atoms with Crippen LogP contribution in [-0.2, 0) is 16.0 Å². The van der Waals surface area contributed by atoms with Crippen LogP contribution in [0.1, 0.15) is 64.8 Å². The van der Waals surface area contributed by atoms with Gasteiger partial charge >= 0.3 is 5.97 Å². The Morgan fingerprint density at radius 3 is 1.88 bits per heavy atom. The first kappa shape index (κ1) is 19.7. The maximum Gasteiger partial charge on any atom is 0.330 e. The van der Waals surface area contributed by atoms with Gasteiger partial charge in [0.05, 0.1) is 11.1 Å². The predicted molar refractivity (Wildman–Crippen MR) is 118 cm³/mol. The number of hydrogen-bond donors (Lipinski definition) is 0. The summed E-state index contributed by atoms with van der Waals surface area (Å²) >= 11 is 0. The minimum Gasteiger partial charge on any atom is -0.457 e. The lowest BCUT2D eigenvalue weighted by Gasteiger charge is -2.56. The average molecular weight is 430 g/mol. The van der Waals surface area contributed by atoms with Gasteiger partial charge in [-0.05, 0) is 74.0 Å². The molecule has 0 unspecified atom stereocenters. The normalized spacial score (nSPS) is 31.0. The Balaban J connectivity index is 1.32. The second-order valence-corrected chi connectivity index (χ2v) is 10.3. The van der Waals surface area contributed by atoms with Crippen molar-refractivity contribution in [3.05, 3.63) is 71.3 Å². The first-order chi connectivity index (χ1) is 15.5. The summed E-state index contributed by atoms with van der Waals surface area (Å²) in [4.78, 5) is 41.2. The molecule has 4 fully saturated rings. The van der Waals surface area contributed by atoms with Crippen LogP contribution < -0.4 is 0 Å². The Bertz CT molecular complexity index is 1020. The fourth-order valence-corrected chi connectivity index (χ4v) is 7.05. The number of fused-ring (bicyclic) bond motifs is 1. The van der Waals surface area contributed by atoms with Gasteiger partial charge in [-0.2, -0.15) is 0 Å². The quantitative estimate of drug-likeness (QED) is 0.522. The van der Waals surface area contributed by atoms with E-state index in [0.717, 1.165) is 29.7 Å². The first-order valence-corrected chi connectivity index (χ1v) is 11.7. The van der Waals surface area contributed by atoms with Crippen LogP contribution in [-0.4, -0.2) is 34.3 Å². The summed E-state index contributed by atoms with van der Waals surface area (Å²) in [6.45, 7) is 0. The van der Waals surface area contributed by atoms with Crippen molar-refractivity contribution in [2.75, 3.05) is 0 Å². The molecule has 1 atom stereocenters. The summed E-state index contributed by atoms with van der Waals surface area (Å²) in [5.41, 5.74) is 1.20. The average Bonchev–Trinajstić information content (AvgIpc) is 3.02. The van der Waals surface area contributed by atoms with Gasteiger partial charge in [0, 0.05) is 6.42 Å². The zero-order valence-corrected chi connectivity index (χ0v) is 18.0. The minimum absolute atomic E-state index is 0.261. The molecule has 2 aromatic carbocycles. The number of nitrogens with zero attached hydrogens (tertiary/aromatic N) is 1. The van der Waals surface area contributed by atoms with E-state index in [1.165, 1.54) is 19.3 Å². The van der Waals surface area contributed by atoms with Crippen molar-refractivity contribution < 1.29 is 19.1 Å². The molecule has 1 heterocycles. The monoisotopic (exact) mass is 429 g/mol. The Hall–Kier alpha value is -2.95. The van der Waals surface area contributed by atoms with E-state index in [1.807, 2.05) is 30.3 Å². The molecule has 2 aromatic rings. The van der Waals surface area contributed by atoms with Crippen LogP contribution in [0.3, 0.4) is 0 Å². The molecule has 0 aromatic heterocycles. The van der Waals surface area contributed by atoms with E-state index >= 15 is 0 Å². The highest BCUT2D eigenvalue weighted by Gasteiger charge is 2.54. The van der Waals surface area contributed by atoms with Crippen LogP contribution in [0.4, 0.5) is 0 Å². The van der Waals surface area contributed by atoms with Crippen LogP contribution in [0.25, 0.3) is 0 Å². The summed E-state index contributed by atoms with van der Waals surface area (Å²) in [6.07, 6.45) is 6.78. The van der Waals surface area contributed by atoms with Crippen LogP contribution in [0.2, 0.25) is 0 Å². The molecule has 4 bridgehead atoms. The van der Waals surface area contributed by atoms with E-state index in [9.17, 15) is 14.4 Å². The highest BCUT2D eigenvalue weighted by Crippen LogP contribution is 2.57. The number of ether oxygens (including phenoxy) is 1. The molecular weight excluding hydrogens is 402 g/mol. The Kier molecular flexibility index (Phi) is 4.49. The van der Waals surface area contributed by atoms with E-state index in [4.69, 9.17) is 4.74 Å². The third-order valence-electron chi connectivity index (χ3n) is 7.98. The van der Waals surface area contributed by atoms with E-state index < -0.39 is 29.4 Å². The van der Waals surface area contributed by atoms with Crippen molar-refractivity contribution in [3.63, 3.8) is 0 Å². The van der Waals surface area contributed by atoms with Gasteiger partial charge in [0.15, 0.2) is 0 Å². The molecule has 2 amide bonds. The molecule has 4 aliphatic carbocycles. The largest absolute Gasteiger partial charge is 0.457 e. The van der Waals surface area contributed by atoms with Gasteiger partial charge in [0.25, 0.3) is 11.8 Å². The highest BCUT2D eigenvalue weighted by atomic mass is 16.6. The number of esters is 1. The van der Waals surface area contributed by atoms with Gasteiger partial charge < -0.3 is 4.74 Å². The number of carbonyl (C=O) groups is 3. The minimum atomic E-state index is -0.960. The van der Waals surface area contributed by atoms with Crippen molar-refractivity contribution in [2.45, 2.75) is 56.6 Å². The van der Waals surface area contributed by atoms with Gasteiger partial charge in [-0.15, -0.1) is 0 Å². The number of rotatable bonds is 5. The summed E-state index contributed by atoms with van der Waals surface area (Å²) in [6, 6.07) is 15.4. The van der Waals surface area contributed by atoms with Crippen LogP contribution in [0.15, 0.2) is 54.6 Å². The van der Waals surface area contributed by atoms with Gasteiger partial charge in [0.1, 0.15) is 11.6 Å². The number of carbonyl (C=O) groups excluding carboxylic acids is 3. The molecule has 0 saturated heterocycles. The molecule has 32 heavy (non-hydrogen) atoms.